The predicted molar refractivity (Wildman–Crippen MR) is 73.3 cm³/mol. The monoisotopic (exact) mass is 328 g/mol. The first-order chi connectivity index (χ1) is 10.5. The summed E-state index contributed by atoms with van der Waals surface area (Å²) < 4.78 is 17.6. The number of hydrogen-bond donors (Lipinski definition) is 4. The average molecular weight is 329 g/mol. The predicted octanol–water partition coefficient (Wildman–Crippen LogP) is 1.09. The van der Waals surface area contributed by atoms with Gasteiger partial charge in [-0.1, -0.05) is 16.8 Å². The number of aromatic nitrogens is 2. The normalized spacial score (nSPS) is 11.3. The van der Waals surface area contributed by atoms with Crippen molar-refractivity contribution in [3.63, 3.8) is 0 Å². The topological polar surface area (TPSA) is 139 Å². The van der Waals surface area contributed by atoms with E-state index >= 15 is 0 Å². The number of nitrogens with one attached hydrogen (secondary N) is 2. The molecular formula is C11H10ClFN6O3. The molecule has 9 nitrogen and oxygen atoms in total. The van der Waals surface area contributed by atoms with Gasteiger partial charge >= 0.3 is 6.03 Å². The minimum atomic E-state index is -0.769. The van der Waals surface area contributed by atoms with Crippen LogP contribution in [-0.4, -0.2) is 27.4 Å². The van der Waals surface area contributed by atoms with E-state index in [0.29, 0.717) is 0 Å². The van der Waals surface area contributed by atoms with Crippen LogP contribution >= 0.6 is 11.6 Å². The lowest BCUT2D eigenvalue weighted by Gasteiger charge is -2.04. The minimum Gasteiger partial charge on any atom is -0.352 e. The first-order valence-corrected chi connectivity index (χ1v) is 6.18. The Morgan fingerprint density at radius 3 is 2.91 bits per heavy atom. The molecule has 0 aliphatic rings. The molecule has 0 unspecified atom stereocenters. The van der Waals surface area contributed by atoms with Gasteiger partial charge in [0.1, 0.15) is 11.5 Å². The van der Waals surface area contributed by atoms with Crippen molar-refractivity contribution in [1.82, 2.24) is 21.1 Å². The SMILES string of the molecule is NC(=O)NCc1nonc1C(=Nc1ccc(F)c(Cl)c1)NO. The van der Waals surface area contributed by atoms with Gasteiger partial charge in [0, 0.05) is 0 Å². The fourth-order valence-corrected chi connectivity index (χ4v) is 1.66. The number of amides is 2. The summed E-state index contributed by atoms with van der Waals surface area (Å²) in [5.41, 5.74) is 7.23. The smallest absolute Gasteiger partial charge is 0.312 e. The Morgan fingerprint density at radius 1 is 1.50 bits per heavy atom. The molecule has 0 saturated carbocycles. The van der Waals surface area contributed by atoms with Gasteiger partial charge in [0.2, 0.25) is 0 Å². The number of amidine groups is 1. The summed E-state index contributed by atoms with van der Waals surface area (Å²) in [6, 6.07) is 2.94. The van der Waals surface area contributed by atoms with Gasteiger partial charge in [-0.25, -0.2) is 18.8 Å². The number of benzene rings is 1. The van der Waals surface area contributed by atoms with E-state index in [-0.39, 0.29) is 34.5 Å². The lowest BCUT2D eigenvalue weighted by molar-refractivity contribution is 0.234. The molecule has 0 bridgehead atoms. The number of urea groups is 1. The van der Waals surface area contributed by atoms with Crippen molar-refractivity contribution in [2.75, 3.05) is 0 Å². The fraction of sp³-hybridized carbons (Fsp3) is 0.0909. The summed E-state index contributed by atoms with van der Waals surface area (Å²) in [4.78, 5) is 14.7. The number of primary amides is 1. The average Bonchev–Trinajstić information content (AvgIpc) is 2.94. The van der Waals surface area contributed by atoms with Gasteiger partial charge in [0.25, 0.3) is 0 Å². The van der Waals surface area contributed by atoms with Crippen molar-refractivity contribution in [2.45, 2.75) is 6.54 Å². The van der Waals surface area contributed by atoms with Gasteiger partial charge in [-0.05, 0) is 23.4 Å². The molecule has 116 valence electrons. The number of rotatable bonds is 4. The van der Waals surface area contributed by atoms with Crippen molar-refractivity contribution in [3.8, 4) is 0 Å². The fourth-order valence-electron chi connectivity index (χ4n) is 1.49. The van der Waals surface area contributed by atoms with Crippen LogP contribution in [-0.2, 0) is 6.54 Å². The zero-order valence-corrected chi connectivity index (χ0v) is 11.6. The Hall–Kier alpha value is -2.72. The molecule has 0 spiro atoms. The molecule has 2 rings (SSSR count). The summed E-state index contributed by atoms with van der Waals surface area (Å²) in [5, 5.41) is 18.5. The number of aliphatic imine (C=N–C) groups is 1. The molecule has 1 aromatic heterocycles. The quantitative estimate of drug-likeness (QED) is 0.376. The molecular weight excluding hydrogens is 319 g/mol. The Bertz CT molecular complexity index is 720. The third-order valence-corrected chi connectivity index (χ3v) is 2.75. The molecule has 22 heavy (non-hydrogen) atoms. The van der Waals surface area contributed by atoms with Gasteiger partial charge in [0.15, 0.2) is 11.5 Å². The maximum Gasteiger partial charge on any atom is 0.312 e. The molecule has 0 radical (unpaired) electrons. The highest BCUT2D eigenvalue weighted by Gasteiger charge is 2.17. The van der Waals surface area contributed by atoms with E-state index in [1.54, 1.807) is 0 Å². The summed E-state index contributed by atoms with van der Waals surface area (Å²) in [5.74, 6) is -0.737. The maximum atomic E-state index is 13.1. The zero-order chi connectivity index (χ0) is 16.1. The molecule has 0 atom stereocenters. The Labute approximate surface area is 127 Å². The number of nitrogens with two attached hydrogens (primary N) is 1. The number of hydrogen-bond acceptors (Lipinski definition) is 6. The van der Waals surface area contributed by atoms with Crippen LogP contribution in [0.25, 0.3) is 0 Å². The molecule has 5 N–H and O–H groups in total. The van der Waals surface area contributed by atoms with Crippen LogP contribution in [0.5, 0.6) is 0 Å². The molecule has 1 aromatic carbocycles. The third-order valence-electron chi connectivity index (χ3n) is 2.46. The zero-order valence-electron chi connectivity index (χ0n) is 10.9. The highest BCUT2D eigenvalue weighted by atomic mass is 35.5. The summed E-state index contributed by atoms with van der Waals surface area (Å²) in [7, 11) is 0. The lowest BCUT2D eigenvalue weighted by Crippen LogP contribution is -2.30. The van der Waals surface area contributed by atoms with Gasteiger partial charge in [-0.2, -0.15) is 0 Å². The van der Waals surface area contributed by atoms with E-state index < -0.39 is 11.8 Å². The van der Waals surface area contributed by atoms with Crippen molar-refractivity contribution in [3.05, 3.63) is 40.4 Å². The first-order valence-electron chi connectivity index (χ1n) is 5.80. The highest BCUT2D eigenvalue weighted by molar-refractivity contribution is 6.31. The molecule has 2 aromatic rings. The highest BCUT2D eigenvalue weighted by Crippen LogP contribution is 2.22. The Morgan fingerprint density at radius 2 is 2.27 bits per heavy atom. The lowest BCUT2D eigenvalue weighted by atomic mass is 10.2. The largest absolute Gasteiger partial charge is 0.352 e. The molecule has 0 fully saturated rings. The number of carbonyl (C=O) groups is 1. The van der Waals surface area contributed by atoms with Crippen molar-refractivity contribution >= 4 is 29.2 Å². The van der Waals surface area contributed by atoms with Gasteiger partial charge in [-0.15, -0.1) is 0 Å². The van der Waals surface area contributed by atoms with Crippen molar-refractivity contribution < 1.29 is 19.0 Å². The van der Waals surface area contributed by atoms with Crippen LogP contribution in [0.4, 0.5) is 14.9 Å². The summed E-state index contributed by atoms with van der Waals surface area (Å²) >= 11 is 5.65. The van der Waals surface area contributed by atoms with Gasteiger partial charge < -0.3 is 11.1 Å². The van der Waals surface area contributed by atoms with Crippen LogP contribution in [0.1, 0.15) is 11.4 Å². The number of nitrogens with zero attached hydrogens (tertiary/aromatic N) is 3. The van der Waals surface area contributed by atoms with Crippen LogP contribution in [0.15, 0.2) is 27.8 Å². The van der Waals surface area contributed by atoms with Crippen molar-refractivity contribution in [1.29, 1.82) is 0 Å². The minimum absolute atomic E-state index is 0.0386. The molecule has 0 saturated heterocycles. The molecule has 11 heteroatoms. The van der Waals surface area contributed by atoms with Crippen LogP contribution in [0.3, 0.4) is 0 Å². The molecule has 0 aliphatic carbocycles. The van der Waals surface area contributed by atoms with Gasteiger partial charge in [0.05, 0.1) is 17.3 Å². The second-order valence-corrected chi connectivity index (χ2v) is 4.36. The molecule has 2 amide bonds. The second-order valence-electron chi connectivity index (χ2n) is 3.95. The first kappa shape index (κ1) is 15.7. The third kappa shape index (κ3) is 3.68. The number of halogens is 2. The van der Waals surface area contributed by atoms with E-state index in [1.165, 1.54) is 12.1 Å². The van der Waals surface area contributed by atoms with Crippen molar-refractivity contribution in [2.24, 2.45) is 10.7 Å². The number of carbonyl (C=O) groups excluding carboxylic acids is 1. The standard InChI is InChI=1S/C11H10ClFN6O3/c12-6-3-5(1-2-7(6)13)16-10(17-21)9-8(18-22-19-9)4-15-11(14)20/h1-3,21H,4H2,(H,16,17)(H3,14,15,20). The second kappa shape index (κ2) is 6.83. The maximum absolute atomic E-state index is 13.1. The molecule has 0 aliphatic heterocycles. The number of hydroxylamine groups is 1. The molecule has 1 heterocycles. The Kier molecular flexibility index (Phi) is 4.86. The summed E-state index contributed by atoms with van der Waals surface area (Å²) in [6.45, 7) is -0.0843. The van der Waals surface area contributed by atoms with E-state index in [4.69, 9.17) is 17.3 Å². The van der Waals surface area contributed by atoms with Crippen LogP contribution in [0.2, 0.25) is 5.02 Å². The van der Waals surface area contributed by atoms with E-state index in [2.05, 4.69) is 25.3 Å². The van der Waals surface area contributed by atoms with Gasteiger partial charge in [-0.3, -0.25) is 10.7 Å². The van der Waals surface area contributed by atoms with Crippen LogP contribution < -0.4 is 16.5 Å². The van der Waals surface area contributed by atoms with Crippen LogP contribution in [0, 0.1) is 5.82 Å². The van der Waals surface area contributed by atoms with E-state index in [9.17, 15) is 14.4 Å². The summed E-state index contributed by atoms with van der Waals surface area (Å²) in [6.07, 6.45) is 0. The van der Waals surface area contributed by atoms with E-state index in [0.717, 1.165) is 6.07 Å². The Balaban J connectivity index is 2.31. The van der Waals surface area contributed by atoms with E-state index in [1.807, 2.05) is 5.48 Å².